The highest BCUT2D eigenvalue weighted by Gasteiger charge is 2.28. The second-order valence-electron chi connectivity index (χ2n) is 5.87. The molecular formula is C19H23N3O2. The zero-order chi connectivity index (χ0) is 16.8. The first-order valence-electron chi connectivity index (χ1n) is 8.17. The summed E-state index contributed by atoms with van der Waals surface area (Å²) >= 11 is 0. The Morgan fingerprint density at radius 3 is 2.21 bits per heavy atom. The molecule has 0 aromatic heterocycles. The first-order chi connectivity index (χ1) is 11.8. The van der Waals surface area contributed by atoms with E-state index in [1.807, 2.05) is 65.6 Å². The maximum Gasteiger partial charge on any atom is 0.326 e. The van der Waals surface area contributed by atoms with Crippen molar-refractivity contribution in [2.75, 3.05) is 23.3 Å². The van der Waals surface area contributed by atoms with Gasteiger partial charge in [-0.2, -0.15) is 0 Å². The van der Waals surface area contributed by atoms with Crippen LogP contribution in [0.5, 0.6) is 0 Å². The number of nitrogens with one attached hydrogen (secondary N) is 1. The molecule has 0 unspecified atom stereocenters. The predicted octanol–water partition coefficient (Wildman–Crippen LogP) is 3.59. The van der Waals surface area contributed by atoms with E-state index in [2.05, 4.69) is 5.32 Å². The lowest BCUT2D eigenvalue weighted by atomic mass is 10.0. The minimum atomic E-state index is -0.142. The Bertz CT molecular complexity index is 674. The van der Waals surface area contributed by atoms with E-state index in [9.17, 15) is 9.59 Å². The summed E-state index contributed by atoms with van der Waals surface area (Å²) in [5.74, 6) is 0. The van der Waals surface area contributed by atoms with Crippen molar-refractivity contribution in [1.82, 2.24) is 4.90 Å². The van der Waals surface area contributed by atoms with Crippen molar-refractivity contribution >= 4 is 23.8 Å². The van der Waals surface area contributed by atoms with Gasteiger partial charge in [0.25, 0.3) is 0 Å². The summed E-state index contributed by atoms with van der Waals surface area (Å²) in [6, 6.07) is 19.1. The molecule has 3 amide bonds. The van der Waals surface area contributed by atoms with Crippen LogP contribution in [0, 0.1) is 0 Å². The van der Waals surface area contributed by atoms with Crippen molar-refractivity contribution in [1.29, 1.82) is 0 Å². The van der Waals surface area contributed by atoms with Gasteiger partial charge in [-0.05, 0) is 37.1 Å². The normalized spacial score (nSPS) is 14.9. The van der Waals surface area contributed by atoms with Gasteiger partial charge in [0.2, 0.25) is 6.41 Å². The number of hydrogen-bond donors (Lipinski definition) is 1. The Hall–Kier alpha value is -2.82. The highest BCUT2D eigenvalue weighted by Crippen LogP contribution is 2.24. The summed E-state index contributed by atoms with van der Waals surface area (Å²) in [6.45, 7) is 1.35. The summed E-state index contributed by atoms with van der Waals surface area (Å²) in [7, 11) is 0. The average molecular weight is 325 g/mol. The molecule has 0 aliphatic carbocycles. The molecule has 0 bridgehead atoms. The number of para-hydroxylation sites is 2. The average Bonchev–Trinajstić information content (AvgIpc) is 2.64. The molecule has 2 aromatic rings. The lowest BCUT2D eigenvalue weighted by Gasteiger charge is -2.37. The van der Waals surface area contributed by atoms with Gasteiger partial charge in [0.05, 0.1) is 0 Å². The van der Waals surface area contributed by atoms with Gasteiger partial charge in [-0.15, -0.1) is 0 Å². The van der Waals surface area contributed by atoms with Crippen molar-refractivity contribution in [3.8, 4) is 0 Å². The predicted molar refractivity (Wildman–Crippen MR) is 97.2 cm³/mol. The highest BCUT2D eigenvalue weighted by atomic mass is 16.2. The van der Waals surface area contributed by atoms with Crippen LogP contribution in [-0.4, -0.2) is 36.5 Å². The number of rotatable bonds is 4. The number of likely N-dealkylation sites (tertiary alicyclic amines) is 1. The zero-order valence-electron chi connectivity index (χ0n) is 13.5. The van der Waals surface area contributed by atoms with Gasteiger partial charge in [-0.3, -0.25) is 9.69 Å². The third-order valence-corrected chi connectivity index (χ3v) is 4.29. The molecule has 5 heteroatoms. The van der Waals surface area contributed by atoms with Gasteiger partial charge in [-0.25, -0.2) is 4.79 Å². The Labute approximate surface area is 143 Å². The molecule has 2 aromatic carbocycles. The zero-order valence-corrected chi connectivity index (χ0v) is 13.5. The van der Waals surface area contributed by atoms with Crippen LogP contribution in [0.1, 0.15) is 14.3 Å². The Kier molecular flexibility index (Phi) is 5.11. The van der Waals surface area contributed by atoms with Crippen molar-refractivity contribution in [2.45, 2.75) is 18.9 Å². The van der Waals surface area contributed by atoms with Gasteiger partial charge >= 0.3 is 6.03 Å². The lowest BCUT2D eigenvalue weighted by molar-refractivity contribution is -0.119. The molecule has 0 radical (unpaired) electrons. The van der Waals surface area contributed by atoms with Crippen LogP contribution in [0.4, 0.5) is 16.2 Å². The minimum Gasteiger partial charge on any atom is -0.345 e. The third kappa shape index (κ3) is 3.74. The smallest absolute Gasteiger partial charge is 0.326 e. The molecule has 126 valence electrons. The van der Waals surface area contributed by atoms with Gasteiger partial charge in [0, 0.05) is 31.9 Å². The minimum absolute atomic E-state index is 0. The molecule has 1 aliphatic heterocycles. The second-order valence-corrected chi connectivity index (χ2v) is 5.87. The van der Waals surface area contributed by atoms with Gasteiger partial charge in [-0.1, -0.05) is 36.4 Å². The Morgan fingerprint density at radius 2 is 1.62 bits per heavy atom. The molecule has 1 heterocycles. The molecular weight excluding hydrogens is 302 g/mol. The van der Waals surface area contributed by atoms with E-state index in [4.69, 9.17) is 0 Å². The van der Waals surface area contributed by atoms with Crippen LogP contribution in [0.25, 0.3) is 0 Å². The Morgan fingerprint density at radius 1 is 1.04 bits per heavy atom. The molecule has 0 spiro atoms. The molecule has 1 saturated heterocycles. The summed E-state index contributed by atoms with van der Waals surface area (Å²) in [5, 5.41) is 2.97. The number of piperidine rings is 1. The second kappa shape index (κ2) is 7.64. The Balaban J connectivity index is 0.00000225. The first kappa shape index (κ1) is 16.1. The van der Waals surface area contributed by atoms with Crippen LogP contribution in [0.3, 0.4) is 0 Å². The van der Waals surface area contributed by atoms with Crippen LogP contribution < -0.4 is 10.2 Å². The number of nitrogens with zero attached hydrogens (tertiary/aromatic N) is 2. The van der Waals surface area contributed by atoms with Crippen molar-refractivity contribution in [3.05, 3.63) is 60.7 Å². The first-order valence-corrected chi connectivity index (χ1v) is 8.17. The highest BCUT2D eigenvalue weighted by molar-refractivity contribution is 6.02. The number of benzene rings is 2. The van der Waals surface area contributed by atoms with Gasteiger partial charge in [0.1, 0.15) is 0 Å². The number of urea groups is 1. The third-order valence-electron chi connectivity index (χ3n) is 4.29. The standard InChI is InChI=1S/C19H21N3O2.H2/c23-15-21-13-11-18(12-14-21)22(17-9-5-2-6-10-17)19(24)20-16-7-3-1-4-8-16;/h1-10,15,18H,11-14H2,(H,20,24);1H. The number of carbonyl (C=O) groups excluding carboxylic acids is 2. The maximum atomic E-state index is 12.9. The van der Waals surface area contributed by atoms with Gasteiger partial charge < -0.3 is 10.2 Å². The number of amides is 3. The fourth-order valence-corrected chi connectivity index (χ4v) is 3.04. The van der Waals surface area contributed by atoms with Crippen LogP contribution in [-0.2, 0) is 4.79 Å². The fraction of sp³-hybridized carbons (Fsp3) is 0.263. The van der Waals surface area contributed by atoms with Crippen LogP contribution in [0.2, 0.25) is 0 Å². The number of hydrogen-bond acceptors (Lipinski definition) is 2. The molecule has 0 atom stereocenters. The van der Waals surface area contributed by atoms with E-state index < -0.39 is 0 Å². The monoisotopic (exact) mass is 325 g/mol. The molecule has 5 nitrogen and oxygen atoms in total. The summed E-state index contributed by atoms with van der Waals surface area (Å²) in [6.07, 6.45) is 2.43. The van der Waals surface area contributed by atoms with E-state index >= 15 is 0 Å². The lowest BCUT2D eigenvalue weighted by Crippen LogP contribution is -2.48. The quantitative estimate of drug-likeness (QED) is 0.873. The van der Waals surface area contributed by atoms with E-state index in [-0.39, 0.29) is 13.5 Å². The summed E-state index contributed by atoms with van der Waals surface area (Å²) in [4.78, 5) is 27.4. The van der Waals surface area contributed by atoms with E-state index in [0.717, 1.165) is 30.6 Å². The van der Waals surface area contributed by atoms with Crippen molar-refractivity contribution in [3.63, 3.8) is 0 Å². The van der Waals surface area contributed by atoms with Crippen LogP contribution >= 0.6 is 0 Å². The molecule has 1 fully saturated rings. The summed E-state index contributed by atoms with van der Waals surface area (Å²) in [5.41, 5.74) is 1.64. The number of anilines is 2. The van der Waals surface area contributed by atoms with Crippen molar-refractivity contribution in [2.24, 2.45) is 0 Å². The van der Waals surface area contributed by atoms with Crippen LogP contribution in [0.15, 0.2) is 60.7 Å². The SMILES string of the molecule is O=CN1CCC(N(C(=O)Nc2ccccc2)c2ccccc2)CC1.[HH]. The van der Waals surface area contributed by atoms with E-state index in [0.29, 0.717) is 13.1 Å². The maximum absolute atomic E-state index is 12.9. The molecule has 1 N–H and O–H groups in total. The fourth-order valence-electron chi connectivity index (χ4n) is 3.04. The molecule has 3 rings (SSSR count). The topological polar surface area (TPSA) is 52.7 Å². The van der Waals surface area contributed by atoms with Crippen molar-refractivity contribution < 1.29 is 11.0 Å². The van der Waals surface area contributed by atoms with E-state index in [1.54, 1.807) is 4.90 Å². The molecule has 0 saturated carbocycles. The molecule has 24 heavy (non-hydrogen) atoms. The number of carbonyl (C=O) groups is 2. The van der Waals surface area contributed by atoms with Gasteiger partial charge in [0.15, 0.2) is 0 Å². The summed E-state index contributed by atoms with van der Waals surface area (Å²) < 4.78 is 0. The van der Waals surface area contributed by atoms with E-state index in [1.165, 1.54) is 0 Å². The molecule has 1 aliphatic rings. The largest absolute Gasteiger partial charge is 0.345 e.